The SMILES string of the molecule is CC(C)(C)c1ccc2ccc([SiH2]O)c(O)c2c1. The van der Waals surface area contributed by atoms with E-state index in [0.29, 0.717) is 5.19 Å². The topological polar surface area (TPSA) is 40.5 Å². The molecule has 0 amide bonds. The zero-order valence-electron chi connectivity index (χ0n) is 10.5. The minimum atomic E-state index is -1.32. The number of hydrogen-bond acceptors (Lipinski definition) is 2. The van der Waals surface area contributed by atoms with Crippen LogP contribution in [0.3, 0.4) is 0 Å². The lowest BCUT2D eigenvalue weighted by Gasteiger charge is -2.20. The highest BCUT2D eigenvalue weighted by molar-refractivity contribution is 6.47. The van der Waals surface area contributed by atoms with Gasteiger partial charge in [-0.25, -0.2) is 0 Å². The summed E-state index contributed by atoms with van der Waals surface area (Å²) in [6, 6.07) is 9.93. The third-order valence-corrected chi connectivity index (χ3v) is 4.02. The molecule has 0 radical (unpaired) electrons. The molecule has 2 rings (SSSR count). The van der Waals surface area contributed by atoms with Crippen molar-refractivity contribution in [2.75, 3.05) is 0 Å². The van der Waals surface area contributed by atoms with E-state index in [1.165, 1.54) is 5.56 Å². The van der Waals surface area contributed by atoms with Gasteiger partial charge in [0.2, 0.25) is 0 Å². The molecule has 2 aromatic carbocycles. The van der Waals surface area contributed by atoms with E-state index in [0.717, 1.165) is 10.8 Å². The number of hydrogen-bond donors (Lipinski definition) is 2. The van der Waals surface area contributed by atoms with E-state index < -0.39 is 9.76 Å². The van der Waals surface area contributed by atoms with Gasteiger partial charge in [0, 0.05) is 10.6 Å². The van der Waals surface area contributed by atoms with Crippen molar-refractivity contribution in [2.45, 2.75) is 26.2 Å². The molecule has 0 fully saturated rings. The number of aromatic hydroxyl groups is 1. The average Bonchev–Trinajstić information content (AvgIpc) is 2.28. The number of benzene rings is 2. The molecule has 0 spiro atoms. The van der Waals surface area contributed by atoms with Crippen molar-refractivity contribution in [3.63, 3.8) is 0 Å². The van der Waals surface area contributed by atoms with E-state index in [9.17, 15) is 9.90 Å². The lowest BCUT2D eigenvalue weighted by Crippen LogP contribution is -2.14. The molecule has 0 aromatic heterocycles. The molecule has 2 N–H and O–H groups in total. The Hall–Kier alpha value is -1.32. The lowest BCUT2D eigenvalue weighted by molar-refractivity contribution is 0.484. The summed E-state index contributed by atoms with van der Waals surface area (Å²) in [4.78, 5) is 9.29. The van der Waals surface area contributed by atoms with Crippen molar-refractivity contribution in [1.82, 2.24) is 0 Å². The summed E-state index contributed by atoms with van der Waals surface area (Å²) in [6.07, 6.45) is 0. The van der Waals surface area contributed by atoms with Crippen LogP contribution in [0.5, 0.6) is 5.75 Å². The summed E-state index contributed by atoms with van der Waals surface area (Å²) in [7, 11) is -1.32. The normalized spacial score (nSPS) is 12.7. The van der Waals surface area contributed by atoms with Gasteiger partial charge < -0.3 is 9.90 Å². The summed E-state index contributed by atoms with van der Waals surface area (Å²) < 4.78 is 0. The third-order valence-electron chi connectivity index (χ3n) is 3.11. The van der Waals surface area contributed by atoms with Crippen molar-refractivity contribution < 1.29 is 9.90 Å². The molecule has 0 saturated carbocycles. The van der Waals surface area contributed by atoms with Crippen LogP contribution in [0.4, 0.5) is 0 Å². The predicted octanol–water partition coefficient (Wildman–Crippen LogP) is 1.54. The lowest BCUT2D eigenvalue weighted by atomic mass is 9.86. The van der Waals surface area contributed by atoms with Gasteiger partial charge in [0.15, 0.2) is 9.76 Å². The second kappa shape index (κ2) is 4.16. The molecule has 2 aromatic rings. The molecule has 0 aliphatic rings. The maximum Gasteiger partial charge on any atom is 0.191 e. The molecule has 0 heterocycles. The van der Waals surface area contributed by atoms with Crippen LogP contribution in [0.2, 0.25) is 0 Å². The Morgan fingerprint density at radius 2 is 1.71 bits per heavy atom. The predicted molar refractivity (Wildman–Crippen MR) is 74.7 cm³/mol. The smallest absolute Gasteiger partial charge is 0.191 e. The van der Waals surface area contributed by atoms with Crippen LogP contribution in [-0.2, 0) is 5.41 Å². The second-order valence-electron chi connectivity index (χ2n) is 5.42. The quantitative estimate of drug-likeness (QED) is 0.749. The fraction of sp³-hybridized carbons (Fsp3) is 0.286. The average molecular weight is 246 g/mol. The molecule has 90 valence electrons. The monoisotopic (exact) mass is 246 g/mol. The minimum Gasteiger partial charge on any atom is -0.507 e. The van der Waals surface area contributed by atoms with Crippen LogP contribution < -0.4 is 5.19 Å². The standard InChI is InChI=1S/C14H18O2Si/c1-14(2,3)10-6-4-9-5-7-12(17-16)13(15)11(9)8-10/h4-8,15-16H,17H2,1-3H3. The summed E-state index contributed by atoms with van der Waals surface area (Å²) in [5, 5.41) is 12.7. The zero-order valence-corrected chi connectivity index (χ0v) is 11.9. The van der Waals surface area contributed by atoms with Crippen LogP contribution in [0.1, 0.15) is 26.3 Å². The van der Waals surface area contributed by atoms with Gasteiger partial charge in [-0.3, -0.25) is 0 Å². The molecule has 0 aliphatic carbocycles. The van der Waals surface area contributed by atoms with E-state index in [1.807, 2.05) is 24.3 Å². The maximum atomic E-state index is 10.1. The molecular weight excluding hydrogens is 228 g/mol. The number of rotatable bonds is 1. The van der Waals surface area contributed by atoms with Crippen molar-refractivity contribution in [3.05, 3.63) is 35.9 Å². The van der Waals surface area contributed by atoms with Crippen molar-refractivity contribution >= 4 is 25.7 Å². The maximum absolute atomic E-state index is 10.1. The fourth-order valence-corrected chi connectivity index (χ4v) is 2.51. The van der Waals surface area contributed by atoms with Crippen LogP contribution >= 0.6 is 0 Å². The zero-order chi connectivity index (χ0) is 12.6. The number of phenols is 1. The van der Waals surface area contributed by atoms with E-state index in [1.54, 1.807) is 0 Å². The van der Waals surface area contributed by atoms with Crippen LogP contribution in [-0.4, -0.2) is 19.7 Å². The van der Waals surface area contributed by atoms with E-state index in [4.69, 9.17) is 0 Å². The first-order chi connectivity index (χ1) is 7.93. The molecule has 0 bridgehead atoms. The Morgan fingerprint density at radius 1 is 1.06 bits per heavy atom. The molecule has 0 saturated heterocycles. The van der Waals surface area contributed by atoms with Gasteiger partial charge in [0.1, 0.15) is 5.75 Å². The van der Waals surface area contributed by atoms with Gasteiger partial charge in [0.05, 0.1) is 0 Å². The minimum absolute atomic E-state index is 0.0628. The molecular formula is C14H18O2Si. The van der Waals surface area contributed by atoms with Gasteiger partial charge in [-0.15, -0.1) is 0 Å². The molecule has 17 heavy (non-hydrogen) atoms. The number of fused-ring (bicyclic) bond motifs is 1. The van der Waals surface area contributed by atoms with Crippen LogP contribution in [0.25, 0.3) is 10.8 Å². The Kier molecular flexibility index (Phi) is 2.97. The molecule has 3 heteroatoms. The summed E-state index contributed by atoms with van der Waals surface area (Å²) >= 11 is 0. The Balaban J connectivity index is 2.71. The Labute approximate surface area is 104 Å². The first-order valence-corrected chi connectivity index (χ1v) is 7.13. The molecule has 0 aliphatic heterocycles. The molecule has 2 nitrogen and oxygen atoms in total. The first kappa shape index (κ1) is 12.1. The van der Waals surface area contributed by atoms with Crippen molar-refractivity contribution in [3.8, 4) is 5.75 Å². The van der Waals surface area contributed by atoms with Gasteiger partial charge in [-0.2, -0.15) is 0 Å². The van der Waals surface area contributed by atoms with E-state index >= 15 is 0 Å². The third kappa shape index (κ3) is 2.21. The van der Waals surface area contributed by atoms with E-state index in [2.05, 4.69) is 26.8 Å². The highest BCUT2D eigenvalue weighted by Crippen LogP contribution is 2.29. The fourth-order valence-electron chi connectivity index (χ4n) is 1.94. The first-order valence-electron chi connectivity index (χ1n) is 5.79. The van der Waals surface area contributed by atoms with Gasteiger partial charge in [0.25, 0.3) is 0 Å². The molecule has 0 atom stereocenters. The number of phenolic OH excluding ortho intramolecular Hbond substituents is 1. The highest BCUT2D eigenvalue weighted by Gasteiger charge is 2.15. The van der Waals surface area contributed by atoms with Crippen LogP contribution in [0.15, 0.2) is 30.3 Å². The molecule has 0 unspecified atom stereocenters. The largest absolute Gasteiger partial charge is 0.507 e. The van der Waals surface area contributed by atoms with Crippen molar-refractivity contribution in [1.29, 1.82) is 0 Å². The van der Waals surface area contributed by atoms with Gasteiger partial charge in [-0.1, -0.05) is 45.0 Å². The van der Waals surface area contributed by atoms with Crippen LogP contribution in [0, 0.1) is 0 Å². The highest BCUT2D eigenvalue weighted by atomic mass is 28.2. The van der Waals surface area contributed by atoms with E-state index in [-0.39, 0.29) is 11.2 Å². The summed E-state index contributed by atoms with van der Waals surface area (Å²) in [5.74, 6) is 0.253. The van der Waals surface area contributed by atoms with Gasteiger partial charge in [-0.05, 0) is 22.4 Å². The summed E-state index contributed by atoms with van der Waals surface area (Å²) in [5.41, 5.74) is 1.25. The Bertz CT molecular complexity index is 556. The van der Waals surface area contributed by atoms with Gasteiger partial charge >= 0.3 is 0 Å². The summed E-state index contributed by atoms with van der Waals surface area (Å²) in [6.45, 7) is 6.45. The van der Waals surface area contributed by atoms with Crippen molar-refractivity contribution in [2.24, 2.45) is 0 Å². The Morgan fingerprint density at radius 3 is 2.29 bits per heavy atom. The second-order valence-corrected chi connectivity index (χ2v) is 6.50.